The highest BCUT2D eigenvalue weighted by molar-refractivity contribution is 6.02. The lowest BCUT2D eigenvalue weighted by Crippen LogP contribution is -2.33. The van der Waals surface area contributed by atoms with E-state index < -0.39 is 24.0 Å². The van der Waals surface area contributed by atoms with Crippen LogP contribution in [-0.2, 0) is 19.1 Å². The zero-order chi connectivity index (χ0) is 23.4. The lowest BCUT2D eigenvalue weighted by Gasteiger charge is -2.34. The standard InChI is InChI=1S/C24H34N2O6/c1-13(2)21(27)25-23(29)31-9-7-15-5-6-18-17-11-16(19(12-17)20(15)18)8-10-32-24(30)26-22(28)14(3)4/h15-20H,1,3,5-12H2,2,4H3,(H,25,27,29)(H,26,28,30). The first-order chi connectivity index (χ1) is 15.2. The van der Waals surface area contributed by atoms with Gasteiger partial charge in [0.25, 0.3) is 11.8 Å². The van der Waals surface area contributed by atoms with Crippen molar-refractivity contribution in [2.45, 2.75) is 52.4 Å². The molecule has 3 rings (SSSR count). The van der Waals surface area contributed by atoms with Gasteiger partial charge >= 0.3 is 12.2 Å². The fraction of sp³-hybridized carbons (Fsp3) is 0.667. The Kier molecular flexibility index (Phi) is 7.74. The minimum Gasteiger partial charge on any atom is -0.449 e. The highest BCUT2D eigenvalue weighted by Gasteiger charge is 2.56. The van der Waals surface area contributed by atoms with Crippen molar-refractivity contribution in [3.05, 3.63) is 24.3 Å². The van der Waals surface area contributed by atoms with E-state index in [0.717, 1.165) is 31.1 Å². The summed E-state index contributed by atoms with van der Waals surface area (Å²) in [5, 5.41) is 4.32. The Morgan fingerprint density at radius 1 is 0.781 bits per heavy atom. The molecule has 0 aromatic rings. The van der Waals surface area contributed by atoms with Gasteiger partial charge in [0, 0.05) is 11.1 Å². The van der Waals surface area contributed by atoms with E-state index in [4.69, 9.17) is 9.47 Å². The average Bonchev–Trinajstić information content (AvgIpc) is 3.40. The Morgan fingerprint density at radius 2 is 1.31 bits per heavy atom. The third kappa shape index (κ3) is 5.58. The topological polar surface area (TPSA) is 111 Å². The Morgan fingerprint density at radius 3 is 1.84 bits per heavy atom. The molecular weight excluding hydrogens is 412 g/mol. The minimum atomic E-state index is -0.724. The van der Waals surface area contributed by atoms with Gasteiger partial charge in [-0.25, -0.2) is 9.59 Å². The summed E-state index contributed by atoms with van der Waals surface area (Å²) in [4.78, 5) is 46.5. The molecular formula is C24H34N2O6. The number of carbonyl (C=O) groups excluding carboxylic acids is 4. The molecule has 3 saturated carbocycles. The van der Waals surface area contributed by atoms with Crippen LogP contribution in [0.2, 0.25) is 0 Å². The van der Waals surface area contributed by atoms with Gasteiger partial charge in [0.05, 0.1) is 13.2 Å². The summed E-state index contributed by atoms with van der Waals surface area (Å²) >= 11 is 0. The van der Waals surface area contributed by atoms with Crippen LogP contribution >= 0.6 is 0 Å². The van der Waals surface area contributed by atoms with Crippen molar-refractivity contribution in [2.24, 2.45) is 35.5 Å². The third-order valence-electron chi connectivity index (χ3n) is 7.45. The second-order valence-electron chi connectivity index (χ2n) is 9.55. The number of rotatable bonds is 8. The van der Waals surface area contributed by atoms with Crippen LogP contribution in [0.15, 0.2) is 24.3 Å². The summed E-state index contributed by atoms with van der Waals surface area (Å²) in [5.74, 6) is 2.71. The van der Waals surface area contributed by atoms with Gasteiger partial charge in [0.1, 0.15) is 0 Å². The summed E-state index contributed by atoms with van der Waals surface area (Å²) in [5.41, 5.74) is 0.523. The monoisotopic (exact) mass is 446 g/mol. The highest BCUT2D eigenvalue weighted by atomic mass is 16.6. The quantitative estimate of drug-likeness (QED) is 0.550. The molecule has 0 radical (unpaired) electrons. The fourth-order valence-corrected chi connectivity index (χ4v) is 6.13. The summed E-state index contributed by atoms with van der Waals surface area (Å²) < 4.78 is 10.4. The molecule has 0 heterocycles. The number of ether oxygens (including phenoxy) is 2. The van der Waals surface area contributed by atoms with Crippen molar-refractivity contribution in [3.8, 4) is 0 Å². The maximum absolute atomic E-state index is 11.7. The third-order valence-corrected chi connectivity index (χ3v) is 7.45. The van der Waals surface area contributed by atoms with Gasteiger partial charge in [-0.2, -0.15) is 0 Å². The van der Waals surface area contributed by atoms with Crippen molar-refractivity contribution in [2.75, 3.05) is 13.2 Å². The van der Waals surface area contributed by atoms with Gasteiger partial charge in [-0.3, -0.25) is 20.2 Å². The van der Waals surface area contributed by atoms with Gasteiger partial charge < -0.3 is 9.47 Å². The van der Waals surface area contributed by atoms with Crippen molar-refractivity contribution in [1.29, 1.82) is 0 Å². The van der Waals surface area contributed by atoms with Crippen LogP contribution in [-0.4, -0.2) is 37.2 Å². The van der Waals surface area contributed by atoms with Crippen molar-refractivity contribution < 1.29 is 28.7 Å². The second kappa shape index (κ2) is 10.3. The lowest BCUT2D eigenvalue weighted by atomic mass is 9.71. The van der Waals surface area contributed by atoms with Gasteiger partial charge in [-0.05, 0) is 87.9 Å². The highest BCUT2D eigenvalue weighted by Crippen LogP contribution is 2.63. The van der Waals surface area contributed by atoms with Crippen LogP contribution < -0.4 is 10.6 Å². The van der Waals surface area contributed by atoms with Gasteiger partial charge in [-0.1, -0.05) is 13.2 Å². The smallest absolute Gasteiger partial charge is 0.414 e. The molecule has 3 aliphatic rings. The van der Waals surface area contributed by atoms with Crippen molar-refractivity contribution in [1.82, 2.24) is 10.6 Å². The van der Waals surface area contributed by atoms with Gasteiger partial charge in [0.15, 0.2) is 0 Å². The minimum absolute atomic E-state index is 0.261. The zero-order valence-corrected chi connectivity index (χ0v) is 19.0. The largest absolute Gasteiger partial charge is 0.449 e. The van der Waals surface area contributed by atoms with Crippen LogP contribution in [0.25, 0.3) is 0 Å². The van der Waals surface area contributed by atoms with Crippen LogP contribution in [0.3, 0.4) is 0 Å². The number of fused-ring (bicyclic) bond motifs is 5. The molecule has 6 atom stereocenters. The molecule has 8 heteroatoms. The van der Waals surface area contributed by atoms with Gasteiger partial charge in [0.2, 0.25) is 0 Å². The molecule has 0 aromatic heterocycles. The van der Waals surface area contributed by atoms with E-state index >= 15 is 0 Å². The van der Waals surface area contributed by atoms with E-state index in [1.54, 1.807) is 0 Å². The molecule has 0 aromatic carbocycles. The van der Waals surface area contributed by atoms with E-state index in [0.29, 0.717) is 36.9 Å². The van der Waals surface area contributed by atoms with Crippen LogP contribution in [0, 0.1) is 35.5 Å². The predicted octanol–water partition coefficient (Wildman–Crippen LogP) is 3.72. The van der Waals surface area contributed by atoms with E-state index in [9.17, 15) is 19.2 Å². The molecule has 2 bridgehead atoms. The molecule has 0 spiro atoms. The Bertz CT molecular complexity index is 806. The number of imide groups is 2. The number of nitrogens with one attached hydrogen (secondary N) is 2. The van der Waals surface area contributed by atoms with E-state index in [2.05, 4.69) is 23.8 Å². The van der Waals surface area contributed by atoms with Gasteiger partial charge in [-0.15, -0.1) is 0 Å². The number of carbonyl (C=O) groups is 4. The summed E-state index contributed by atoms with van der Waals surface area (Å²) in [7, 11) is 0. The normalized spacial score (nSPS) is 29.7. The van der Waals surface area contributed by atoms with E-state index in [-0.39, 0.29) is 11.1 Å². The Labute approximate surface area is 189 Å². The maximum atomic E-state index is 11.7. The van der Waals surface area contributed by atoms with Crippen molar-refractivity contribution in [3.63, 3.8) is 0 Å². The lowest BCUT2D eigenvalue weighted by molar-refractivity contribution is -0.117. The van der Waals surface area contributed by atoms with Crippen molar-refractivity contribution >= 4 is 24.0 Å². The zero-order valence-electron chi connectivity index (χ0n) is 19.0. The van der Waals surface area contributed by atoms with Crippen LogP contribution in [0.4, 0.5) is 9.59 Å². The predicted molar refractivity (Wildman–Crippen MR) is 117 cm³/mol. The Hall–Kier alpha value is -2.64. The van der Waals surface area contributed by atoms with Crippen LogP contribution in [0.5, 0.6) is 0 Å². The molecule has 4 amide bonds. The molecule has 0 aliphatic heterocycles. The maximum Gasteiger partial charge on any atom is 0.414 e. The number of alkyl carbamates (subject to hydrolysis) is 2. The summed E-state index contributed by atoms with van der Waals surface area (Å²) in [6.45, 7) is 10.7. The fourth-order valence-electron chi connectivity index (χ4n) is 6.13. The first kappa shape index (κ1) is 24.0. The van der Waals surface area contributed by atoms with E-state index in [1.165, 1.54) is 33.1 Å². The number of hydrogen-bond acceptors (Lipinski definition) is 6. The van der Waals surface area contributed by atoms with Crippen LogP contribution in [0.1, 0.15) is 52.4 Å². The Balaban J connectivity index is 1.42. The first-order valence-electron chi connectivity index (χ1n) is 11.4. The molecule has 2 N–H and O–H groups in total. The summed E-state index contributed by atoms with van der Waals surface area (Å²) in [6, 6.07) is 0. The molecule has 3 aliphatic carbocycles. The molecule has 3 fully saturated rings. The SMILES string of the molecule is C=C(C)C(=O)NC(=O)OCCC1CC2CC1C1C(CCOC(=O)NC(=O)C(=C)C)CCC21. The number of hydrogen-bond donors (Lipinski definition) is 2. The number of amides is 4. The molecule has 32 heavy (non-hydrogen) atoms. The average molecular weight is 447 g/mol. The molecule has 0 saturated heterocycles. The molecule has 8 nitrogen and oxygen atoms in total. The molecule has 6 unspecified atom stereocenters. The second-order valence-corrected chi connectivity index (χ2v) is 9.55. The molecule has 176 valence electrons. The first-order valence-corrected chi connectivity index (χ1v) is 11.4. The summed E-state index contributed by atoms with van der Waals surface area (Å²) in [6.07, 6.45) is 4.93. The van der Waals surface area contributed by atoms with E-state index in [1.807, 2.05) is 0 Å².